The van der Waals surface area contributed by atoms with Crippen LogP contribution in [0.1, 0.15) is 26.4 Å². The molecule has 0 bridgehead atoms. The van der Waals surface area contributed by atoms with Crippen LogP contribution in [0.25, 0.3) is 10.1 Å². The lowest BCUT2D eigenvalue weighted by Gasteiger charge is -2.28. The van der Waals surface area contributed by atoms with Crippen LogP contribution < -0.4 is 5.32 Å². The fourth-order valence-electron chi connectivity index (χ4n) is 3.79. The van der Waals surface area contributed by atoms with Crippen LogP contribution in [0.2, 0.25) is 0 Å². The molecule has 0 atom stereocenters. The van der Waals surface area contributed by atoms with E-state index in [0.29, 0.717) is 22.4 Å². The van der Waals surface area contributed by atoms with Crippen molar-refractivity contribution in [2.45, 2.75) is 19.6 Å². The molecule has 0 unspecified atom stereocenters. The molecule has 0 radical (unpaired) electrons. The molecule has 2 heterocycles. The van der Waals surface area contributed by atoms with Gasteiger partial charge in [0.15, 0.2) is 0 Å². The summed E-state index contributed by atoms with van der Waals surface area (Å²) >= 11 is 1.32. The fourth-order valence-corrected chi connectivity index (χ4v) is 4.92. The molecule has 1 aliphatic rings. The van der Waals surface area contributed by atoms with Gasteiger partial charge in [0.2, 0.25) is 0 Å². The first kappa shape index (κ1) is 19.1. The van der Waals surface area contributed by atoms with Gasteiger partial charge in [-0.2, -0.15) is 0 Å². The van der Waals surface area contributed by atoms with Crippen molar-refractivity contribution in [2.75, 3.05) is 26.7 Å². The van der Waals surface area contributed by atoms with Crippen LogP contribution in [0.15, 0.2) is 42.5 Å². The Kier molecular flexibility index (Phi) is 5.71. The van der Waals surface area contributed by atoms with Gasteiger partial charge < -0.3 is 10.1 Å². The molecule has 1 N–H and O–H groups in total. The van der Waals surface area contributed by atoms with Gasteiger partial charge in [-0.3, -0.25) is 9.69 Å². The highest BCUT2D eigenvalue weighted by atomic mass is 32.1. The number of thiophene rings is 1. The normalized spacial score (nSPS) is 14.2. The standard InChI is InChI=1S/C22H23FN2O2S/c1-27-14-17-20-18(23)7-4-8-19(20)28-21(17)22(26)24-10-12-25-11-9-15-5-2-3-6-16(15)13-25/h2-8H,9-14H2,1H3,(H,24,26). The molecule has 4 rings (SSSR count). The number of halogens is 1. The summed E-state index contributed by atoms with van der Waals surface area (Å²) in [6.07, 6.45) is 1.04. The Morgan fingerprint density at radius 3 is 2.86 bits per heavy atom. The zero-order chi connectivity index (χ0) is 19.5. The van der Waals surface area contributed by atoms with Crippen LogP contribution >= 0.6 is 11.3 Å². The van der Waals surface area contributed by atoms with Gasteiger partial charge in [0.1, 0.15) is 5.82 Å². The fraction of sp³-hybridized carbons (Fsp3) is 0.318. The number of methoxy groups -OCH3 is 1. The lowest BCUT2D eigenvalue weighted by molar-refractivity contribution is 0.0947. The van der Waals surface area contributed by atoms with Crippen LogP contribution in [0.3, 0.4) is 0 Å². The number of carbonyl (C=O) groups is 1. The highest BCUT2D eigenvalue weighted by molar-refractivity contribution is 7.21. The Hall–Kier alpha value is -2.28. The molecule has 28 heavy (non-hydrogen) atoms. The van der Waals surface area contributed by atoms with Crippen molar-refractivity contribution in [1.82, 2.24) is 10.2 Å². The van der Waals surface area contributed by atoms with Crippen molar-refractivity contribution < 1.29 is 13.9 Å². The van der Waals surface area contributed by atoms with Gasteiger partial charge in [-0.25, -0.2) is 4.39 Å². The van der Waals surface area contributed by atoms with Gasteiger partial charge in [0, 0.05) is 48.9 Å². The number of carbonyl (C=O) groups excluding carboxylic acids is 1. The molecule has 4 nitrogen and oxygen atoms in total. The van der Waals surface area contributed by atoms with Gasteiger partial charge in [-0.05, 0) is 29.7 Å². The summed E-state index contributed by atoms with van der Waals surface area (Å²) in [5.41, 5.74) is 3.41. The average Bonchev–Trinajstić information content (AvgIpc) is 3.08. The first-order chi connectivity index (χ1) is 13.7. The third-order valence-corrected chi connectivity index (χ3v) is 6.38. The maximum atomic E-state index is 14.3. The zero-order valence-corrected chi connectivity index (χ0v) is 16.7. The van der Waals surface area contributed by atoms with E-state index >= 15 is 0 Å². The Morgan fingerprint density at radius 1 is 1.21 bits per heavy atom. The third-order valence-electron chi connectivity index (χ3n) is 5.18. The van der Waals surface area contributed by atoms with Crippen LogP contribution in [0, 0.1) is 5.82 Å². The minimum absolute atomic E-state index is 0.162. The van der Waals surface area contributed by atoms with E-state index in [1.807, 2.05) is 6.07 Å². The molecule has 3 aromatic rings. The number of amides is 1. The van der Waals surface area contributed by atoms with Crippen molar-refractivity contribution in [3.8, 4) is 0 Å². The molecular weight excluding hydrogens is 375 g/mol. The predicted octanol–water partition coefficient (Wildman–Crippen LogP) is 3.97. The Labute approximate surface area is 167 Å². The van der Waals surface area contributed by atoms with Crippen LogP contribution in [0.4, 0.5) is 4.39 Å². The second-order valence-corrected chi connectivity index (χ2v) is 8.06. The molecule has 2 aromatic carbocycles. The summed E-state index contributed by atoms with van der Waals surface area (Å²) < 4.78 is 20.3. The number of nitrogens with zero attached hydrogens (tertiary/aromatic N) is 1. The monoisotopic (exact) mass is 398 g/mol. The van der Waals surface area contributed by atoms with Crippen LogP contribution in [-0.2, 0) is 24.3 Å². The Balaban J connectivity index is 1.42. The topological polar surface area (TPSA) is 41.6 Å². The minimum Gasteiger partial charge on any atom is -0.380 e. The zero-order valence-electron chi connectivity index (χ0n) is 15.8. The van der Waals surface area contributed by atoms with Crippen molar-refractivity contribution in [1.29, 1.82) is 0 Å². The molecule has 0 spiro atoms. The summed E-state index contributed by atoms with van der Waals surface area (Å²) in [5.74, 6) is -0.475. The average molecular weight is 399 g/mol. The summed E-state index contributed by atoms with van der Waals surface area (Å²) in [5, 5.41) is 3.49. The van der Waals surface area contributed by atoms with Gasteiger partial charge in [-0.1, -0.05) is 30.3 Å². The highest BCUT2D eigenvalue weighted by Crippen LogP contribution is 2.33. The second kappa shape index (κ2) is 8.39. The van der Waals surface area contributed by atoms with E-state index in [1.54, 1.807) is 13.2 Å². The summed E-state index contributed by atoms with van der Waals surface area (Å²) in [6, 6.07) is 13.4. The number of hydrogen-bond donors (Lipinski definition) is 1. The van der Waals surface area contributed by atoms with Crippen molar-refractivity contribution in [3.05, 3.63) is 69.8 Å². The van der Waals surface area contributed by atoms with Crippen LogP contribution in [-0.4, -0.2) is 37.6 Å². The second-order valence-electron chi connectivity index (χ2n) is 7.01. The van der Waals surface area contributed by atoms with Gasteiger partial charge in [0.05, 0.1) is 11.5 Å². The van der Waals surface area contributed by atoms with E-state index < -0.39 is 0 Å². The predicted molar refractivity (Wildman–Crippen MR) is 110 cm³/mol. The van der Waals surface area contributed by atoms with E-state index in [1.165, 1.54) is 28.5 Å². The van der Waals surface area contributed by atoms with Crippen LogP contribution in [0.5, 0.6) is 0 Å². The number of nitrogens with one attached hydrogen (secondary N) is 1. The molecule has 0 saturated heterocycles. The van der Waals surface area contributed by atoms with E-state index in [4.69, 9.17) is 4.74 Å². The number of fused-ring (bicyclic) bond motifs is 2. The third kappa shape index (κ3) is 3.81. The summed E-state index contributed by atoms with van der Waals surface area (Å²) in [7, 11) is 1.56. The van der Waals surface area contributed by atoms with E-state index in [-0.39, 0.29) is 18.3 Å². The lowest BCUT2D eigenvalue weighted by Crippen LogP contribution is -2.37. The molecule has 146 valence electrons. The molecule has 0 aliphatic carbocycles. The van der Waals surface area contributed by atoms with Gasteiger partial charge >= 0.3 is 0 Å². The number of rotatable bonds is 6. The Bertz CT molecular complexity index is 1000. The molecule has 1 aliphatic heterocycles. The van der Waals surface area contributed by atoms with Crippen molar-refractivity contribution >= 4 is 27.3 Å². The maximum Gasteiger partial charge on any atom is 0.261 e. The summed E-state index contributed by atoms with van der Waals surface area (Å²) in [4.78, 5) is 15.6. The largest absolute Gasteiger partial charge is 0.380 e. The highest BCUT2D eigenvalue weighted by Gasteiger charge is 2.21. The number of hydrogen-bond acceptors (Lipinski definition) is 4. The van der Waals surface area contributed by atoms with E-state index in [2.05, 4.69) is 34.5 Å². The molecule has 1 amide bonds. The Morgan fingerprint density at radius 2 is 2.04 bits per heavy atom. The molecule has 6 heteroatoms. The van der Waals surface area contributed by atoms with Gasteiger partial charge in [0.25, 0.3) is 5.91 Å². The van der Waals surface area contributed by atoms with Crippen molar-refractivity contribution in [2.24, 2.45) is 0 Å². The number of ether oxygens (including phenoxy) is 1. The van der Waals surface area contributed by atoms with E-state index in [9.17, 15) is 9.18 Å². The maximum absolute atomic E-state index is 14.3. The number of benzene rings is 2. The molecule has 1 aromatic heterocycles. The first-order valence-electron chi connectivity index (χ1n) is 9.43. The SMILES string of the molecule is COCc1c(C(=O)NCCN2CCc3ccccc3C2)sc2cccc(F)c12. The summed E-state index contributed by atoms with van der Waals surface area (Å²) in [6.45, 7) is 3.47. The van der Waals surface area contributed by atoms with Gasteiger partial charge in [-0.15, -0.1) is 11.3 Å². The first-order valence-corrected chi connectivity index (χ1v) is 10.2. The minimum atomic E-state index is -0.313. The molecule has 0 fully saturated rings. The molecule has 0 saturated carbocycles. The smallest absolute Gasteiger partial charge is 0.261 e. The lowest BCUT2D eigenvalue weighted by atomic mass is 10.00. The molecular formula is C22H23FN2O2S. The van der Waals surface area contributed by atoms with E-state index in [0.717, 1.165) is 30.8 Å². The quantitative estimate of drug-likeness (QED) is 0.683. The van der Waals surface area contributed by atoms with Crippen molar-refractivity contribution in [3.63, 3.8) is 0 Å².